The van der Waals surface area contributed by atoms with Gasteiger partial charge in [-0.2, -0.15) is 5.10 Å². The first-order valence-electron chi connectivity index (χ1n) is 7.06. The summed E-state index contributed by atoms with van der Waals surface area (Å²) in [6.45, 7) is 8.93. The second kappa shape index (κ2) is 6.36. The topological polar surface area (TPSA) is 71.8 Å². The van der Waals surface area contributed by atoms with E-state index in [1.54, 1.807) is 23.3 Å². The van der Waals surface area contributed by atoms with E-state index >= 15 is 0 Å². The predicted octanol–water partition coefficient (Wildman–Crippen LogP) is 3.89. The number of hydrogen-bond acceptors (Lipinski definition) is 3. The average molecular weight is 322 g/mol. The largest absolute Gasteiger partial charge is 0.323 e. The molecule has 0 aliphatic heterocycles. The quantitative estimate of drug-likeness (QED) is 0.842. The molecule has 0 spiro atoms. The minimum absolute atomic E-state index is 0.0766. The lowest BCUT2D eigenvalue weighted by Gasteiger charge is -2.19. The third kappa shape index (κ3) is 3.98. The first-order chi connectivity index (χ1) is 10.3. The summed E-state index contributed by atoms with van der Waals surface area (Å²) in [7, 11) is 0. The maximum Gasteiger partial charge on any atom is 0.323 e. The Morgan fingerprint density at radius 3 is 2.64 bits per heavy atom. The molecule has 2 heterocycles. The lowest BCUT2D eigenvalue weighted by molar-refractivity contribution is 0.262. The average Bonchev–Trinajstić information content (AvgIpc) is 2.87. The van der Waals surface area contributed by atoms with Gasteiger partial charge < -0.3 is 10.6 Å². The van der Waals surface area contributed by atoms with E-state index in [0.29, 0.717) is 11.4 Å². The summed E-state index contributed by atoms with van der Waals surface area (Å²) in [4.78, 5) is 16.2. The molecule has 0 fully saturated rings. The van der Waals surface area contributed by atoms with Gasteiger partial charge in [-0.1, -0.05) is 32.4 Å². The predicted molar refractivity (Wildman–Crippen MR) is 88.5 cm³/mol. The molecule has 7 heteroatoms. The number of halogens is 1. The summed E-state index contributed by atoms with van der Waals surface area (Å²) in [5, 5.41) is 9.78. The highest BCUT2D eigenvalue weighted by Crippen LogP contribution is 2.27. The number of nitrogens with zero attached hydrogens (tertiary/aromatic N) is 3. The van der Waals surface area contributed by atoms with Gasteiger partial charge >= 0.3 is 6.03 Å². The highest BCUT2D eigenvalue weighted by atomic mass is 35.5. The standard InChI is InChI=1S/C15H20ClN5O/c1-5-21-9-11(8-18-21)19-14(22)20-12-6-10(15(2,3)4)7-17-13(12)16/h6-9H,5H2,1-4H3,(H2,19,20,22). The zero-order valence-corrected chi connectivity index (χ0v) is 13.9. The summed E-state index contributed by atoms with van der Waals surface area (Å²) >= 11 is 6.05. The number of aromatic nitrogens is 3. The molecule has 0 atom stereocenters. The molecule has 0 aromatic carbocycles. The summed E-state index contributed by atoms with van der Waals surface area (Å²) in [6, 6.07) is 1.45. The van der Waals surface area contributed by atoms with Crippen molar-refractivity contribution in [2.75, 3.05) is 10.6 Å². The van der Waals surface area contributed by atoms with E-state index in [0.717, 1.165) is 12.1 Å². The van der Waals surface area contributed by atoms with Gasteiger partial charge in [-0.3, -0.25) is 4.68 Å². The minimum atomic E-state index is -0.384. The van der Waals surface area contributed by atoms with Crippen molar-refractivity contribution in [3.8, 4) is 0 Å². The van der Waals surface area contributed by atoms with Crippen LogP contribution in [0.2, 0.25) is 5.15 Å². The van der Waals surface area contributed by atoms with Gasteiger partial charge in [-0.25, -0.2) is 9.78 Å². The van der Waals surface area contributed by atoms with Crippen LogP contribution in [0.3, 0.4) is 0 Å². The number of nitrogens with one attached hydrogen (secondary N) is 2. The van der Waals surface area contributed by atoms with Crippen LogP contribution in [0.15, 0.2) is 24.7 Å². The molecule has 0 aliphatic carbocycles. The SMILES string of the molecule is CCn1cc(NC(=O)Nc2cc(C(C)(C)C)cnc2Cl)cn1. The number of aryl methyl sites for hydroxylation is 1. The zero-order valence-electron chi connectivity index (χ0n) is 13.1. The van der Waals surface area contributed by atoms with E-state index in [2.05, 4.69) is 41.5 Å². The van der Waals surface area contributed by atoms with Crippen LogP contribution in [0.5, 0.6) is 0 Å². The summed E-state index contributed by atoms with van der Waals surface area (Å²) in [5.41, 5.74) is 2.02. The fraction of sp³-hybridized carbons (Fsp3) is 0.400. The third-order valence-electron chi connectivity index (χ3n) is 3.17. The van der Waals surface area contributed by atoms with Crippen molar-refractivity contribution in [3.05, 3.63) is 35.4 Å². The van der Waals surface area contributed by atoms with E-state index in [-0.39, 0.29) is 16.6 Å². The van der Waals surface area contributed by atoms with E-state index < -0.39 is 0 Å². The Morgan fingerprint density at radius 2 is 2.05 bits per heavy atom. The zero-order chi connectivity index (χ0) is 16.3. The highest BCUT2D eigenvalue weighted by molar-refractivity contribution is 6.32. The fourth-order valence-electron chi connectivity index (χ4n) is 1.83. The van der Waals surface area contributed by atoms with Crippen LogP contribution < -0.4 is 10.6 Å². The van der Waals surface area contributed by atoms with E-state index in [9.17, 15) is 4.79 Å². The number of pyridine rings is 1. The van der Waals surface area contributed by atoms with Crippen molar-refractivity contribution >= 4 is 29.0 Å². The Morgan fingerprint density at radius 1 is 1.32 bits per heavy atom. The molecule has 2 aromatic heterocycles. The van der Waals surface area contributed by atoms with E-state index in [4.69, 9.17) is 11.6 Å². The van der Waals surface area contributed by atoms with Crippen molar-refractivity contribution in [2.24, 2.45) is 0 Å². The minimum Gasteiger partial charge on any atom is -0.305 e. The van der Waals surface area contributed by atoms with Crippen molar-refractivity contribution in [1.29, 1.82) is 0 Å². The number of rotatable bonds is 3. The molecule has 0 saturated carbocycles. The van der Waals surface area contributed by atoms with Gasteiger partial charge in [-0.05, 0) is 24.0 Å². The van der Waals surface area contributed by atoms with Gasteiger partial charge in [0.2, 0.25) is 0 Å². The number of carbonyl (C=O) groups is 1. The number of carbonyl (C=O) groups excluding carboxylic acids is 1. The van der Waals surface area contributed by atoms with Crippen molar-refractivity contribution in [2.45, 2.75) is 39.7 Å². The molecule has 118 valence electrons. The molecule has 6 nitrogen and oxygen atoms in total. The Balaban J connectivity index is 2.10. The first-order valence-corrected chi connectivity index (χ1v) is 7.44. The van der Waals surface area contributed by atoms with Crippen LogP contribution in [0.1, 0.15) is 33.3 Å². The normalized spacial score (nSPS) is 11.3. The van der Waals surface area contributed by atoms with E-state index in [1.165, 1.54) is 0 Å². The van der Waals surface area contributed by atoms with Gasteiger partial charge in [0.15, 0.2) is 5.15 Å². The van der Waals surface area contributed by atoms with Gasteiger partial charge in [-0.15, -0.1) is 0 Å². The summed E-state index contributed by atoms with van der Waals surface area (Å²) in [6.07, 6.45) is 5.07. The maximum absolute atomic E-state index is 12.0. The molecule has 0 unspecified atom stereocenters. The molecule has 0 aliphatic rings. The summed E-state index contributed by atoms with van der Waals surface area (Å²) < 4.78 is 1.73. The number of amides is 2. The molecule has 0 saturated heterocycles. The molecule has 0 radical (unpaired) electrons. The van der Waals surface area contributed by atoms with Gasteiger partial charge in [0.05, 0.1) is 17.6 Å². The lowest BCUT2D eigenvalue weighted by Crippen LogP contribution is -2.20. The van der Waals surface area contributed by atoms with Gasteiger partial charge in [0.25, 0.3) is 0 Å². The Labute approximate surface area is 134 Å². The second-order valence-corrected chi connectivity index (χ2v) is 6.33. The van der Waals surface area contributed by atoms with Crippen LogP contribution in [0.4, 0.5) is 16.2 Å². The van der Waals surface area contributed by atoms with Gasteiger partial charge in [0, 0.05) is 18.9 Å². The van der Waals surface area contributed by atoms with Gasteiger partial charge in [0.1, 0.15) is 0 Å². The molecule has 0 bridgehead atoms. The highest BCUT2D eigenvalue weighted by Gasteiger charge is 2.17. The molecule has 2 rings (SSSR count). The van der Waals surface area contributed by atoms with Crippen LogP contribution in [0, 0.1) is 0 Å². The number of anilines is 2. The van der Waals surface area contributed by atoms with E-state index in [1.807, 2.05) is 13.0 Å². The molecular formula is C15H20ClN5O. The lowest BCUT2D eigenvalue weighted by atomic mass is 9.88. The smallest absolute Gasteiger partial charge is 0.305 e. The number of hydrogen-bond donors (Lipinski definition) is 2. The Hall–Kier alpha value is -2.08. The number of urea groups is 1. The molecule has 2 amide bonds. The third-order valence-corrected chi connectivity index (χ3v) is 3.47. The Bertz CT molecular complexity index is 675. The molecular weight excluding hydrogens is 302 g/mol. The van der Waals surface area contributed by atoms with Crippen LogP contribution >= 0.6 is 11.6 Å². The maximum atomic E-state index is 12.0. The van der Waals surface area contributed by atoms with Crippen molar-refractivity contribution in [1.82, 2.24) is 14.8 Å². The van der Waals surface area contributed by atoms with Crippen molar-refractivity contribution < 1.29 is 4.79 Å². The fourth-order valence-corrected chi connectivity index (χ4v) is 1.98. The van der Waals surface area contributed by atoms with Crippen LogP contribution in [0.25, 0.3) is 0 Å². The van der Waals surface area contributed by atoms with Crippen LogP contribution in [-0.4, -0.2) is 20.8 Å². The first kappa shape index (κ1) is 16.3. The molecule has 22 heavy (non-hydrogen) atoms. The second-order valence-electron chi connectivity index (χ2n) is 5.98. The summed E-state index contributed by atoms with van der Waals surface area (Å²) in [5.74, 6) is 0. The van der Waals surface area contributed by atoms with Crippen LogP contribution in [-0.2, 0) is 12.0 Å². The molecule has 2 aromatic rings. The Kier molecular flexibility index (Phi) is 4.71. The van der Waals surface area contributed by atoms with Crippen molar-refractivity contribution in [3.63, 3.8) is 0 Å². The monoisotopic (exact) mass is 321 g/mol. The molecule has 2 N–H and O–H groups in total.